The Morgan fingerprint density at radius 2 is 1.00 bits per heavy atom. The maximum absolute atomic E-state index is 10.8. The molecule has 0 aliphatic carbocycles. The minimum Gasteiger partial charge on any atom is -0.508 e. The number of nitro benzene ring substituents is 1. The molecular weight excluding hydrogens is 1330 g/mol. The monoisotopic (exact) mass is 1410 g/mol. The van der Waals surface area contributed by atoms with Crippen LogP contribution in [0.25, 0.3) is 76.9 Å². The average Bonchev–Trinajstić information content (AvgIpc) is 1.65. The lowest BCUT2D eigenvalue weighted by Crippen LogP contribution is -2.05. The Morgan fingerprint density at radius 1 is 0.519 bits per heavy atom. The van der Waals surface area contributed by atoms with Gasteiger partial charge in [-0.15, -0.1) is 0 Å². The highest BCUT2D eigenvalue weighted by Gasteiger charge is 2.18. The van der Waals surface area contributed by atoms with Gasteiger partial charge in [0.15, 0.2) is 0 Å². The van der Waals surface area contributed by atoms with Gasteiger partial charge in [-0.3, -0.25) is 10.1 Å². The Labute approximate surface area is 616 Å². The first-order valence-electron chi connectivity index (χ1n) is 35.0. The number of methoxy groups -OCH3 is 1. The van der Waals surface area contributed by atoms with Gasteiger partial charge in [-0.25, -0.2) is 0 Å². The maximum atomic E-state index is 10.8. The zero-order valence-corrected chi connectivity index (χ0v) is 61.6. The number of ether oxygens (including phenoxy) is 4. The van der Waals surface area contributed by atoms with E-state index in [1.54, 1.807) is 48.3 Å². The Balaban J connectivity index is 0.000000148. The summed E-state index contributed by atoms with van der Waals surface area (Å²) in [7, 11) is 1.65. The molecule has 0 atom stereocenters. The molecule has 0 saturated carbocycles. The molecule has 0 amide bonds. The van der Waals surface area contributed by atoms with Crippen molar-refractivity contribution in [3.8, 4) is 76.7 Å². The third-order valence-electron chi connectivity index (χ3n) is 17.7. The van der Waals surface area contributed by atoms with Gasteiger partial charge in [-0.05, 0) is 178 Å². The number of H-pyrrole nitrogens is 1. The van der Waals surface area contributed by atoms with Crippen molar-refractivity contribution in [2.45, 2.75) is 121 Å². The largest absolute Gasteiger partial charge is 0.508 e. The van der Waals surface area contributed by atoms with E-state index < -0.39 is 4.92 Å². The summed E-state index contributed by atoms with van der Waals surface area (Å²) < 4.78 is 34.2. The molecule has 0 fully saturated rings. The van der Waals surface area contributed by atoms with Crippen LogP contribution in [0, 0.1) is 91.9 Å². The number of phenols is 1. The third kappa shape index (κ3) is 17.3. The zero-order valence-electron chi connectivity index (χ0n) is 61.6. The number of nitriles is 6. The first-order valence-corrected chi connectivity index (χ1v) is 35.0. The van der Waals surface area contributed by atoms with Crippen molar-refractivity contribution in [3.63, 3.8) is 0 Å². The van der Waals surface area contributed by atoms with Crippen LogP contribution in [0.2, 0.25) is 0 Å². The van der Waals surface area contributed by atoms with Crippen LogP contribution in [-0.4, -0.2) is 68.8 Å². The van der Waals surface area contributed by atoms with Gasteiger partial charge in [0.05, 0.1) is 92.3 Å². The van der Waals surface area contributed by atoms with Crippen LogP contribution < -0.4 is 18.9 Å². The number of nitrogens with zero attached hydrogens (tertiary/aromatic N) is 13. The van der Waals surface area contributed by atoms with Gasteiger partial charge in [0.2, 0.25) is 0 Å². The second-order valence-electron chi connectivity index (χ2n) is 25.2. The summed E-state index contributed by atoms with van der Waals surface area (Å²) in [5.41, 5.74) is 13.2. The molecule has 21 nitrogen and oxygen atoms in total. The Bertz CT molecular complexity index is 5730. The molecule has 7 aromatic heterocycles. The second kappa shape index (κ2) is 35.3. The first-order chi connectivity index (χ1) is 51.2. The van der Waals surface area contributed by atoms with Crippen molar-refractivity contribution in [2.75, 3.05) is 20.3 Å². The van der Waals surface area contributed by atoms with Crippen LogP contribution in [0.1, 0.15) is 126 Å². The van der Waals surface area contributed by atoms with Crippen LogP contribution >= 0.6 is 0 Å². The summed E-state index contributed by atoms with van der Waals surface area (Å²) in [5, 5.41) is 80.4. The van der Waals surface area contributed by atoms with Crippen LogP contribution in [0.4, 0.5) is 5.69 Å². The number of aromatic amines is 1. The average molecular weight is 1410 g/mol. The molecule has 0 spiro atoms. The van der Waals surface area contributed by atoms with Crippen molar-refractivity contribution in [1.82, 2.24) is 32.4 Å². The lowest BCUT2D eigenvalue weighted by molar-refractivity contribution is -0.384. The standard InChI is InChI=1S/C18H16N2O.C15H18N2O.C14H16N2O.C13H8N4O2.C13H14N2O.C12H12N2O/c1-12-4-5-15(8-13(12)2)20-11-14(10-19)17-7-6-16(21-3)9-18(17)20;1-3-5-8-18-13-6-7-14-12(10-16)11-17(4-2)15(14)9-13;1-4-16-9-11(8-15)13-6-5-12(7-14(13)16)17-10(2)3;14-8-11-10-4-3-9(17(18)19)7-12(10)15-13(11)16-5-1-2-6-16;1-3-15-9-10(8-14)12-6-5-11(16-4-2)7-13(12)15;1-8(2)14-7-9(6-13)11-4-3-10(15)5-12(11)14/h4-9,11H,1-3H3;6-7,9,11H,3-5,8H2,1-2H3;5-7,9-10H,4H2,1-3H3;1-7,15H;5-7,9H,3-4H2,1-2H3;3-5,7-8,15H,1-2H3. The molecule has 0 bridgehead atoms. The van der Waals surface area contributed by atoms with Crippen molar-refractivity contribution in [1.29, 1.82) is 31.6 Å². The van der Waals surface area contributed by atoms with Crippen LogP contribution in [0.3, 0.4) is 0 Å². The van der Waals surface area contributed by atoms with Gasteiger partial charge in [0.25, 0.3) is 5.69 Å². The molecule has 536 valence electrons. The highest BCUT2D eigenvalue weighted by atomic mass is 16.6. The molecule has 0 radical (unpaired) electrons. The van der Waals surface area contributed by atoms with Crippen LogP contribution in [0.15, 0.2) is 183 Å². The molecule has 0 aliphatic rings. The first kappa shape index (κ1) is 76.6. The number of aromatic hydroxyl groups is 1. The molecular formula is C85H84N14O7. The fourth-order valence-electron chi connectivity index (χ4n) is 12.2. The van der Waals surface area contributed by atoms with E-state index in [1.807, 2.05) is 160 Å². The lowest BCUT2D eigenvalue weighted by Gasteiger charge is -2.10. The summed E-state index contributed by atoms with van der Waals surface area (Å²) in [6.45, 7) is 26.6. The molecule has 0 unspecified atom stereocenters. The smallest absolute Gasteiger partial charge is 0.271 e. The van der Waals surface area contributed by atoms with Crippen LogP contribution in [0.5, 0.6) is 28.7 Å². The fourth-order valence-corrected chi connectivity index (χ4v) is 12.2. The van der Waals surface area contributed by atoms with Crippen molar-refractivity contribution in [2.24, 2.45) is 0 Å². The maximum Gasteiger partial charge on any atom is 0.271 e. The van der Waals surface area contributed by atoms with Gasteiger partial charge >= 0.3 is 0 Å². The van der Waals surface area contributed by atoms with Gasteiger partial charge < -0.3 is 56.4 Å². The van der Waals surface area contributed by atoms with E-state index in [1.165, 1.54) is 23.3 Å². The predicted molar refractivity (Wildman–Crippen MR) is 416 cm³/mol. The highest BCUT2D eigenvalue weighted by molar-refractivity contribution is 5.93. The van der Waals surface area contributed by atoms with E-state index in [2.05, 4.69) is 115 Å². The van der Waals surface area contributed by atoms with Gasteiger partial charge in [-0.1, -0.05) is 19.4 Å². The number of unbranched alkanes of at least 4 members (excludes halogenated alkanes) is 1. The van der Waals surface area contributed by atoms with Crippen molar-refractivity contribution in [3.05, 3.63) is 238 Å². The quantitative estimate of drug-likeness (QED) is 0.0517. The molecule has 21 heteroatoms. The SMILES string of the molecule is CC(C)n1cc(C#N)c2ccc(O)cc21.CCCCOc1ccc2c(C#N)cn(CC)c2c1.CCOc1ccc2c(C#N)cn(CC)c2c1.CCn1cc(C#N)c2ccc(OC(C)C)cc21.COc1ccc2c(C#N)cn(-c3ccc(C)c(C)c3)c2c1.N#Cc1c(-n2cccc2)[nH]c2cc([N+](=O)[O-])ccc12. The molecule has 0 aliphatic heterocycles. The molecule has 14 rings (SSSR count). The van der Waals surface area contributed by atoms with E-state index in [0.717, 1.165) is 139 Å². The molecule has 2 N–H and O–H groups in total. The molecule has 7 aromatic carbocycles. The highest BCUT2D eigenvalue weighted by Crippen LogP contribution is 2.34. The molecule has 7 heterocycles. The van der Waals surface area contributed by atoms with E-state index in [0.29, 0.717) is 40.0 Å². The van der Waals surface area contributed by atoms with Crippen LogP contribution in [-0.2, 0) is 19.6 Å². The Hall–Kier alpha value is -13.6. The number of hydrogen-bond donors (Lipinski definition) is 2. The van der Waals surface area contributed by atoms with Crippen molar-refractivity contribution < 1.29 is 29.0 Å². The third-order valence-corrected chi connectivity index (χ3v) is 17.7. The summed E-state index contributed by atoms with van der Waals surface area (Å²) in [5.74, 6) is 4.22. The Morgan fingerprint density at radius 3 is 1.49 bits per heavy atom. The number of aromatic nitrogens is 7. The van der Waals surface area contributed by atoms with E-state index >= 15 is 0 Å². The minimum atomic E-state index is -0.457. The van der Waals surface area contributed by atoms with E-state index in [9.17, 15) is 25.7 Å². The predicted octanol–water partition coefficient (Wildman–Crippen LogP) is 19.6. The summed E-state index contributed by atoms with van der Waals surface area (Å²) >= 11 is 0. The topological polar surface area (TPSA) is 288 Å². The molecule has 0 saturated heterocycles. The number of non-ortho nitro benzene ring substituents is 1. The molecule has 106 heavy (non-hydrogen) atoms. The number of phenolic OH excluding ortho intramolecular Hbond substituents is 1. The summed E-state index contributed by atoms with van der Waals surface area (Å²) in [6.07, 6.45) is 15.4. The number of nitrogens with one attached hydrogen (secondary N) is 1. The lowest BCUT2D eigenvalue weighted by atomic mass is 10.1. The number of aryl methyl sites for hydroxylation is 5. The second-order valence-corrected chi connectivity index (χ2v) is 25.2. The van der Waals surface area contributed by atoms with E-state index in [-0.39, 0.29) is 23.6 Å². The zero-order chi connectivity index (χ0) is 76.3. The number of rotatable bonds is 16. The molecule has 14 aromatic rings. The summed E-state index contributed by atoms with van der Waals surface area (Å²) in [6, 6.07) is 56.4. The Kier molecular flexibility index (Phi) is 25.5. The van der Waals surface area contributed by atoms with E-state index in [4.69, 9.17) is 40.0 Å². The normalized spacial score (nSPS) is 10.6. The van der Waals surface area contributed by atoms with Gasteiger partial charge in [0.1, 0.15) is 76.5 Å². The fraction of sp³-hybridized carbons (Fsp3) is 0.247. The van der Waals surface area contributed by atoms with Crippen molar-refractivity contribution >= 4 is 71.1 Å². The van der Waals surface area contributed by atoms with Gasteiger partial charge in [0, 0.05) is 150 Å². The number of nitro groups is 1. The number of hydrogen-bond acceptors (Lipinski definition) is 13. The minimum absolute atomic E-state index is 0.00250. The number of benzene rings is 7. The number of fused-ring (bicyclic) bond motifs is 6. The summed E-state index contributed by atoms with van der Waals surface area (Å²) in [4.78, 5) is 13.3. The van der Waals surface area contributed by atoms with Gasteiger partial charge in [-0.2, -0.15) is 31.6 Å².